The van der Waals surface area contributed by atoms with Gasteiger partial charge in [-0.3, -0.25) is 9.35 Å². The van der Waals surface area contributed by atoms with Gasteiger partial charge in [0.2, 0.25) is 0 Å². The second kappa shape index (κ2) is 5.15. The zero-order valence-electron chi connectivity index (χ0n) is 7.48. The van der Waals surface area contributed by atoms with Crippen molar-refractivity contribution < 1.29 is 22.5 Å². The summed E-state index contributed by atoms with van der Waals surface area (Å²) in [7, 11) is -3.20. The summed E-state index contributed by atoms with van der Waals surface area (Å²) < 4.78 is 35.3. The van der Waals surface area contributed by atoms with Gasteiger partial charge in [-0.2, -0.15) is 13.1 Å². The monoisotopic (exact) mass is 211 g/mol. The molecule has 0 bridgehead atoms. The Bertz CT molecular complexity index is 260. The number of methoxy groups -OCH3 is 1. The minimum Gasteiger partial charge on any atom is -0.468 e. The zero-order chi connectivity index (χ0) is 10.5. The lowest BCUT2D eigenvalue weighted by atomic mass is 10.2. The van der Waals surface area contributed by atoms with Crippen LogP contribution in [-0.2, 0) is 19.8 Å². The first-order chi connectivity index (χ1) is 5.90. The summed E-state index contributed by atoms with van der Waals surface area (Å²) in [5.74, 6) is -0.709. The van der Waals surface area contributed by atoms with E-state index in [4.69, 9.17) is 4.55 Å². The molecular formula is C6H13NO5S. The van der Waals surface area contributed by atoms with Gasteiger partial charge >= 0.3 is 16.3 Å². The predicted octanol–water partition coefficient (Wildman–Crippen LogP) is -0.280. The standard InChI is InChI=1S/C6H13NO5S/c1-3-4-5(6(8)12-2)7-13(9,10)11/h5,7H,3-4H2,1-2H3,(H,9,10,11)/t5-/m1/s1. The molecule has 0 saturated heterocycles. The lowest BCUT2D eigenvalue weighted by Gasteiger charge is -2.12. The zero-order valence-corrected chi connectivity index (χ0v) is 8.30. The highest BCUT2D eigenvalue weighted by molar-refractivity contribution is 7.83. The summed E-state index contributed by atoms with van der Waals surface area (Å²) in [5.41, 5.74) is 0. The lowest BCUT2D eigenvalue weighted by molar-refractivity contribution is -0.142. The van der Waals surface area contributed by atoms with Crippen LogP contribution in [0.1, 0.15) is 19.8 Å². The van der Waals surface area contributed by atoms with Crippen molar-refractivity contribution in [3.8, 4) is 0 Å². The van der Waals surface area contributed by atoms with E-state index in [-0.39, 0.29) is 6.42 Å². The summed E-state index contributed by atoms with van der Waals surface area (Å²) in [4.78, 5) is 10.9. The Kier molecular flexibility index (Phi) is 4.89. The van der Waals surface area contributed by atoms with Gasteiger partial charge in [0.25, 0.3) is 0 Å². The molecule has 0 unspecified atom stereocenters. The summed E-state index contributed by atoms with van der Waals surface area (Å²) >= 11 is 0. The van der Waals surface area contributed by atoms with Gasteiger partial charge in [0.05, 0.1) is 7.11 Å². The first-order valence-corrected chi connectivity index (χ1v) is 5.17. The molecule has 0 aliphatic heterocycles. The molecular weight excluding hydrogens is 198 g/mol. The third kappa shape index (κ3) is 5.56. The molecule has 0 spiro atoms. The number of carbonyl (C=O) groups excluding carboxylic acids is 1. The van der Waals surface area contributed by atoms with E-state index in [1.807, 2.05) is 0 Å². The molecule has 0 aromatic rings. The summed E-state index contributed by atoms with van der Waals surface area (Å²) in [6.07, 6.45) is 0.884. The average Bonchev–Trinajstić information content (AvgIpc) is 2.00. The number of ether oxygens (including phenoxy) is 1. The van der Waals surface area contributed by atoms with Gasteiger partial charge in [-0.15, -0.1) is 0 Å². The fourth-order valence-corrected chi connectivity index (χ4v) is 1.41. The topological polar surface area (TPSA) is 92.7 Å². The van der Waals surface area contributed by atoms with Gasteiger partial charge in [-0.25, -0.2) is 0 Å². The van der Waals surface area contributed by atoms with Crippen molar-refractivity contribution in [3.05, 3.63) is 0 Å². The van der Waals surface area contributed by atoms with Gasteiger partial charge in [0.1, 0.15) is 6.04 Å². The molecule has 0 radical (unpaired) electrons. The van der Waals surface area contributed by atoms with Crippen molar-refractivity contribution in [2.24, 2.45) is 0 Å². The van der Waals surface area contributed by atoms with Gasteiger partial charge in [0, 0.05) is 0 Å². The van der Waals surface area contributed by atoms with Crippen LogP contribution in [0, 0.1) is 0 Å². The highest BCUT2D eigenvalue weighted by atomic mass is 32.2. The van der Waals surface area contributed by atoms with E-state index in [9.17, 15) is 13.2 Å². The normalized spacial score (nSPS) is 13.8. The molecule has 78 valence electrons. The predicted molar refractivity (Wildman–Crippen MR) is 45.4 cm³/mol. The molecule has 0 amide bonds. The molecule has 7 heteroatoms. The maximum Gasteiger partial charge on any atom is 0.334 e. The lowest BCUT2D eigenvalue weighted by Crippen LogP contribution is -2.40. The van der Waals surface area contributed by atoms with Crippen LogP contribution in [-0.4, -0.2) is 32.1 Å². The number of carbonyl (C=O) groups is 1. The van der Waals surface area contributed by atoms with Crippen LogP contribution in [0.3, 0.4) is 0 Å². The number of hydrogen-bond donors (Lipinski definition) is 2. The molecule has 0 fully saturated rings. The van der Waals surface area contributed by atoms with Crippen molar-refractivity contribution >= 4 is 16.3 Å². The Morgan fingerprint density at radius 3 is 2.46 bits per heavy atom. The fraction of sp³-hybridized carbons (Fsp3) is 0.833. The van der Waals surface area contributed by atoms with E-state index in [2.05, 4.69) is 4.74 Å². The van der Waals surface area contributed by atoms with Crippen LogP contribution in [0.15, 0.2) is 0 Å². The summed E-state index contributed by atoms with van der Waals surface area (Å²) in [6, 6.07) is -1.01. The number of hydrogen-bond acceptors (Lipinski definition) is 4. The third-order valence-corrected chi connectivity index (χ3v) is 1.94. The summed E-state index contributed by atoms with van der Waals surface area (Å²) in [5, 5.41) is 0. The molecule has 0 aliphatic rings. The van der Waals surface area contributed by atoms with Crippen molar-refractivity contribution in [1.29, 1.82) is 0 Å². The Labute approximate surface area is 77.2 Å². The van der Waals surface area contributed by atoms with E-state index in [1.165, 1.54) is 0 Å². The highest BCUT2D eigenvalue weighted by Crippen LogP contribution is 1.99. The minimum absolute atomic E-state index is 0.284. The number of nitrogens with one attached hydrogen (secondary N) is 1. The molecule has 0 aliphatic carbocycles. The minimum atomic E-state index is -4.35. The van der Waals surface area contributed by atoms with E-state index in [1.54, 1.807) is 11.6 Å². The first kappa shape index (κ1) is 12.3. The van der Waals surface area contributed by atoms with Crippen molar-refractivity contribution in [2.75, 3.05) is 7.11 Å². The Morgan fingerprint density at radius 2 is 2.15 bits per heavy atom. The molecule has 13 heavy (non-hydrogen) atoms. The van der Waals surface area contributed by atoms with E-state index < -0.39 is 22.3 Å². The van der Waals surface area contributed by atoms with Crippen LogP contribution >= 0.6 is 0 Å². The number of esters is 1. The molecule has 0 aromatic heterocycles. The average molecular weight is 211 g/mol. The van der Waals surface area contributed by atoms with Gasteiger partial charge in [-0.05, 0) is 6.42 Å². The Morgan fingerprint density at radius 1 is 1.62 bits per heavy atom. The van der Waals surface area contributed by atoms with E-state index >= 15 is 0 Å². The molecule has 2 N–H and O–H groups in total. The molecule has 0 heterocycles. The van der Waals surface area contributed by atoms with Crippen LogP contribution in [0.25, 0.3) is 0 Å². The highest BCUT2D eigenvalue weighted by Gasteiger charge is 2.22. The van der Waals surface area contributed by atoms with Crippen LogP contribution < -0.4 is 4.72 Å². The summed E-state index contributed by atoms with van der Waals surface area (Å²) in [6.45, 7) is 1.78. The van der Waals surface area contributed by atoms with Crippen LogP contribution in [0.4, 0.5) is 0 Å². The molecule has 0 rings (SSSR count). The fourth-order valence-electron chi connectivity index (χ4n) is 0.836. The smallest absolute Gasteiger partial charge is 0.334 e. The van der Waals surface area contributed by atoms with Crippen LogP contribution in [0.5, 0.6) is 0 Å². The molecule has 6 nitrogen and oxygen atoms in total. The maximum absolute atomic E-state index is 10.9. The van der Waals surface area contributed by atoms with Crippen molar-refractivity contribution in [2.45, 2.75) is 25.8 Å². The maximum atomic E-state index is 10.9. The van der Waals surface area contributed by atoms with Crippen molar-refractivity contribution in [3.63, 3.8) is 0 Å². The number of rotatable bonds is 5. The van der Waals surface area contributed by atoms with E-state index in [0.29, 0.717) is 6.42 Å². The second-order valence-corrected chi connectivity index (χ2v) is 3.64. The van der Waals surface area contributed by atoms with Gasteiger partial charge in [0.15, 0.2) is 0 Å². The Balaban J connectivity index is 4.35. The van der Waals surface area contributed by atoms with Gasteiger partial charge < -0.3 is 4.74 Å². The SMILES string of the molecule is CCC[C@@H](NS(=O)(=O)O)C(=O)OC. The second-order valence-electron chi connectivity index (χ2n) is 2.46. The largest absolute Gasteiger partial charge is 0.468 e. The Hall–Kier alpha value is -0.660. The molecule has 0 aromatic carbocycles. The van der Waals surface area contributed by atoms with E-state index in [0.717, 1.165) is 7.11 Å². The first-order valence-electron chi connectivity index (χ1n) is 3.73. The van der Waals surface area contributed by atoms with Gasteiger partial charge in [-0.1, -0.05) is 13.3 Å². The van der Waals surface area contributed by atoms with Crippen LogP contribution in [0.2, 0.25) is 0 Å². The molecule has 1 atom stereocenters. The third-order valence-electron chi connectivity index (χ3n) is 1.35. The van der Waals surface area contributed by atoms with Crippen molar-refractivity contribution in [1.82, 2.24) is 4.72 Å². The molecule has 0 saturated carbocycles. The quantitative estimate of drug-likeness (QED) is 0.482.